The van der Waals surface area contributed by atoms with Crippen LogP contribution in [0.15, 0.2) is 25.0 Å². The molecular formula is C30H45N11O10. The molecule has 0 unspecified atom stereocenters. The molecule has 6 amide bonds. The topological polar surface area (TPSA) is 327 Å². The average Bonchev–Trinajstić information content (AvgIpc) is 3.88. The molecule has 2 aromatic heterocycles. The predicted molar refractivity (Wildman–Crippen MR) is 175 cm³/mol. The van der Waals surface area contributed by atoms with Crippen LogP contribution in [0.1, 0.15) is 45.0 Å². The lowest BCUT2D eigenvalue weighted by Gasteiger charge is -2.28. The first-order chi connectivity index (χ1) is 24.1. The van der Waals surface area contributed by atoms with Gasteiger partial charge in [-0.2, -0.15) is 0 Å². The SMILES string of the molecule is C[C@H](N)C(=O)N1CCC[C@H]1C(=O)N[C@@H](CO)C(=O)N[C@@H](Cc1cnc[nH]1)C(=O)N[C@@H](C)C(=O)N[C@H](C(=O)N[C@@H](Cc1cnc[nH]1)C(=O)O)[C@@H](C)O. The fraction of sp³-hybridized carbons (Fsp3) is 0.567. The van der Waals surface area contributed by atoms with E-state index < -0.39 is 96.4 Å². The number of aromatic amines is 2. The zero-order chi connectivity index (χ0) is 37.8. The van der Waals surface area contributed by atoms with E-state index in [0.29, 0.717) is 30.8 Å². The average molecular weight is 720 g/mol. The number of carbonyl (C=O) groups is 7. The minimum Gasteiger partial charge on any atom is -0.480 e. The summed E-state index contributed by atoms with van der Waals surface area (Å²) < 4.78 is 0. The number of aromatic nitrogens is 4. The van der Waals surface area contributed by atoms with Crippen molar-refractivity contribution in [2.45, 2.75) is 94.9 Å². The summed E-state index contributed by atoms with van der Waals surface area (Å²) in [5, 5.41) is 41.6. The third kappa shape index (κ3) is 11.3. The number of carboxylic acid groups (broad SMARTS) is 1. The molecule has 3 heterocycles. The minimum absolute atomic E-state index is 0.162. The lowest BCUT2D eigenvalue weighted by atomic mass is 10.1. The zero-order valence-electron chi connectivity index (χ0n) is 28.3. The Morgan fingerprint density at radius 3 is 1.92 bits per heavy atom. The lowest BCUT2D eigenvalue weighted by Crippen LogP contribution is -2.61. The Morgan fingerprint density at radius 2 is 1.41 bits per heavy atom. The number of hydrogen-bond acceptors (Lipinski definition) is 12. The van der Waals surface area contributed by atoms with E-state index in [0.717, 1.165) is 0 Å². The molecule has 51 heavy (non-hydrogen) atoms. The first kappa shape index (κ1) is 40.0. The number of rotatable bonds is 18. The van der Waals surface area contributed by atoms with Gasteiger partial charge in [-0.1, -0.05) is 0 Å². The molecule has 0 spiro atoms. The van der Waals surface area contributed by atoms with Gasteiger partial charge in [-0.15, -0.1) is 0 Å². The molecule has 1 aliphatic rings. The number of nitrogens with one attached hydrogen (secondary N) is 7. The van der Waals surface area contributed by atoms with Gasteiger partial charge in [-0.3, -0.25) is 28.8 Å². The molecule has 21 heteroatoms. The summed E-state index contributed by atoms with van der Waals surface area (Å²) >= 11 is 0. The normalized spacial score (nSPS) is 18.2. The molecule has 21 nitrogen and oxygen atoms in total. The van der Waals surface area contributed by atoms with Crippen LogP contribution in [0.5, 0.6) is 0 Å². The molecule has 0 radical (unpaired) electrons. The Balaban J connectivity index is 1.66. The van der Waals surface area contributed by atoms with Crippen LogP contribution in [0, 0.1) is 0 Å². The number of imidazole rings is 2. The number of H-pyrrole nitrogens is 2. The number of carbonyl (C=O) groups excluding carboxylic acids is 6. The first-order valence-corrected chi connectivity index (χ1v) is 16.2. The highest BCUT2D eigenvalue weighted by atomic mass is 16.4. The van der Waals surface area contributed by atoms with Crippen molar-refractivity contribution >= 4 is 41.4 Å². The maximum atomic E-state index is 13.4. The summed E-state index contributed by atoms with van der Waals surface area (Å²) in [5.74, 6) is -6.27. The van der Waals surface area contributed by atoms with Crippen LogP contribution in [-0.4, -0.2) is 143 Å². The highest BCUT2D eigenvalue weighted by Crippen LogP contribution is 2.18. The van der Waals surface area contributed by atoms with Crippen LogP contribution < -0.4 is 32.3 Å². The van der Waals surface area contributed by atoms with Gasteiger partial charge in [-0.05, 0) is 33.6 Å². The Hall–Kier alpha value is -5.41. The van der Waals surface area contributed by atoms with Crippen LogP contribution in [0.2, 0.25) is 0 Å². The van der Waals surface area contributed by atoms with Crippen LogP contribution >= 0.6 is 0 Å². The van der Waals surface area contributed by atoms with Crippen molar-refractivity contribution in [3.8, 4) is 0 Å². The molecule has 280 valence electrons. The van der Waals surface area contributed by atoms with Crippen LogP contribution in [-0.2, 0) is 46.4 Å². The monoisotopic (exact) mass is 719 g/mol. The van der Waals surface area contributed by atoms with E-state index in [1.54, 1.807) is 0 Å². The fourth-order valence-electron chi connectivity index (χ4n) is 5.27. The molecular weight excluding hydrogens is 674 g/mol. The minimum atomic E-state index is -1.62. The van der Waals surface area contributed by atoms with Crippen LogP contribution in [0.4, 0.5) is 0 Å². The number of amides is 6. The molecule has 1 saturated heterocycles. The quantitative estimate of drug-likeness (QED) is 0.0690. The Kier molecular flexibility index (Phi) is 14.6. The summed E-state index contributed by atoms with van der Waals surface area (Å²) in [4.78, 5) is 104. The number of nitrogens with two attached hydrogens (primary N) is 1. The highest BCUT2D eigenvalue weighted by Gasteiger charge is 2.38. The Morgan fingerprint density at radius 1 is 0.843 bits per heavy atom. The summed E-state index contributed by atoms with van der Waals surface area (Å²) in [6.45, 7) is 3.40. The molecule has 1 aliphatic heterocycles. The first-order valence-electron chi connectivity index (χ1n) is 16.2. The van der Waals surface area contributed by atoms with Crippen molar-refractivity contribution in [2.24, 2.45) is 5.73 Å². The third-order valence-electron chi connectivity index (χ3n) is 8.06. The number of likely N-dealkylation sites (tertiary alicyclic amines) is 1. The summed E-state index contributed by atoms with van der Waals surface area (Å²) in [6, 6.07) is -9.05. The van der Waals surface area contributed by atoms with Gasteiger partial charge in [0.15, 0.2) is 0 Å². The van der Waals surface area contributed by atoms with E-state index in [1.807, 2.05) is 0 Å². The summed E-state index contributed by atoms with van der Waals surface area (Å²) in [5.41, 5.74) is 6.51. The van der Waals surface area contributed by atoms with Crippen molar-refractivity contribution in [3.63, 3.8) is 0 Å². The number of aliphatic carboxylic acids is 1. The second-order valence-electron chi connectivity index (χ2n) is 12.2. The fourth-order valence-corrected chi connectivity index (χ4v) is 5.27. The van der Waals surface area contributed by atoms with E-state index >= 15 is 0 Å². The van der Waals surface area contributed by atoms with E-state index in [2.05, 4.69) is 46.5 Å². The van der Waals surface area contributed by atoms with Gasteiger partial charge in [0.2, 0.25) is 35.4 Å². The molecule has 8 atom stereocenters. The summed E-state index contributed by atoms with van der Waals surface area (Å²) in [7, 11) is 0. The second kappa shape index (κ2) is 18.5. The molecule has 3 rings (SSSR count). The Bertz CT molecular complexity index is 1520. The molecule has 0 bridgehead atoms. The molecule has 0 aromatic carbocycles. The Labute approximate surface area is 291 Å². The number of hydrogen-bond donors (Lipinski definition) is 11. The van der Waals surface area contributed by atoms with Crippen LogP contribution in [0.3, 0.4) is 0 Å². The maximum absolute atomic E-state index is 13.4. The van der Waals surface area contributed by atoms with Crippen molar-refractivity contribution in [1.82, 2.24) is 51.4 Å². The van der Waals surface area contributed by atoms with Crippen molar-refractivity contribution < 1.29 is 48.9 Å². The smallest absolute Gasteiger partial charge is 0.326 e. The third-order valence-corrected chi connectivity index (χ3v) is 8.06. The van der Waals surface area contributed by atoms with Gasteiger partial charge in [0.05, 0.1) is 31.4 Å². The van der Waals surface area contributed by atoms with Crippen molar-refractivity contribution in [1.29, 1.82) is 0 Å². The van der Waals surface area contributed by atoms with Gasteiger partial charge in [0.25, 0.3) is 0 Å². The number of aliphatic hydroxyl groups is 2. The molecule has 12 N–H and O–H groups in total. The molecule has 0 aliphatic carbocycles. The highest BCUT2D eigenvalue weighted by molar-refractivity contribution is 5.97. The van der Waals surface area contributed by atoms with Crippen molar-refractivity contribution in [3.05, 3.63) is 36.4 Å². The van der Waals surface area contributed by atoms with Gasteiger partial charge in [0.1, 0.15) is 36.3 Å². The van der Waals surface area contributed by atoms with Crippen molar-refractivity contribution in [2.75, 3.05) is 13.2 Å². The molecule has 1 fully saturated rings. The largest absolute Gasteiger partial charge is 0.480 e. The van der Waals surface area contributed by atoms with E-state index in [1.165, 1.54) is 50.7 Å². The van der Waals surface area contributed by atoms with E-state index in [-0.39, 0.29) is 12.8 Å². The van der Waals surface area contributed by atoms with E-state index in [4.69, 9.17) is 5.73 Å². The predicted octanol–water partition coefficient (Wildman–Crippen LogP) is -4.84. The number of aliphatic hydroxyl groups excluding tert-OH is 2. The molecule has 0 saturated carbocycles. The maximum Gasteiger partial charge on any atom is 0.326 e. The van der Waals surface area contributed by atoms with E-state index in [9.17, 15) is 48.9 Å². The summed E-state index contributed by atoms with van der Waals surface area (Å²) in [6.07, 6.45) is 4.47. The molecule has 2 aromatic rings. The standard InChI is InChI=1S/C30H45N11O10/c1-14(31)29(49)41-6-4-5-22(41)27(47)39-21(11-42)26(46)37-19(7-17-9-32-12-34-17)25(45)36-15(2)24(44)40-23(16(3)43)28(48)38-20(30(50)51)8-18-10-33-13-35-18/h9-10,12-16,19-23,42-43H,4-8,11,31H2,1-3H3,(H,32,34)(H,33,35)(H,36,45)(H,37,46)(H,38,48)(H,39,47)(H,40,44)(H,50,51)/t14-,15-,16+,19-,20-,21-,22-,23-/m0/s1. The lowest BCUT2D eigenvalue weighted by molar-refractivity contribution is -0.143. The number of carboxylic acids is 1. The van der Waals surface area contributed by atoms with Gasteiger partial charge >= 0.3 is 5.97 Å². The second-order valence-corrected chi connectivity index (χ2v) is 12.2. The van der Waals surface area contributed by atoms with Gasteiger partial charge in [-0.25, -0.2) is 14.8 Å². The zero-order valence-corrected chi connectivity index (χ0v) is 28.3. The van der Waals surface area contributed by atoms with Gasteiger partial charge < -0.3 is 62.5 Å². The number of nitrogens with zero attached hydrogens (tertiary/aromatic N) is 3. The van der Waals surface area contributed by atoms with Crippen LogP contribution in [0.25, 0.3) is 0 Å². The van der Waals surface area contributed by atoms with Gasteiger partial charge in [0, 0.05) is 43.2 Å².